The minimum absolute atomic E-state index is 0.0124. The number of benzene rings is 3. The number of hydrogen-bond acceptors (Lipinski definition) is 15. The Hall–Kier alpha value is -6.12. The van der Waals surface area contributed by atoms with Crippen molar-refractivity contribution in [1.29, 1.82) is 0 Å². The molecule has 54 heavy (non-hydrogen) atoms. The van der Waals surface area contributed by atoms with Crippen molar-refractivity contribution in [2.24, 2.45) is 5.41 Å². The van der Waals surface area contributed by atoms with Gasteiger partial charge in [0.05, 0.1) is 22.1 Å². The molecular weight excluding hydrogens is 708 g/mol. The van der Waals surface area contributed by atoms with Gasteiger partial charge in [0, 0.05) is 0 Å². The minimum Gasteiger partial charge on any atom is -0.431 e. The monoisotopic (exact) mass is 752 g/mol. The third-order valence-corrected chi connectivity index (χ3v) is 7.98. The molecule has 0 bridgehead atoms. The average Bonchev–Trinajstić information content (AvgIpc) is 3.19. The van der Waals surface area contributed by atoms with Crippen LogP contribution in [0.3, 0.4) is 0 Å². The van der Waals surface area contributed by atoms with Crippen LogP contribution in [-0.2, 0) is 62.8 Å². The molecule has 0 radical (unpaired) electrons. The maximum absolute atomic E-state index is 12.4. The summed E-state index contributed by atoms with van der Waals surface area (Å²) in [6, 6.07) is 19.5. The Bertz CT molecular complexity index is 1490. The molecule has 0 N–H and O–H groups in total. The molecule has 0 saturated carbocycles. The standard InChI is InChI=1S/C39H44O15/c1-5-9-27-12-18-30(19-13-27)33(40)49-52-36(43)46-24-39(8-4,25-47-37(44)53-50-34(41)31-20-14-28(10-6-2)15-21-31)26-48-38(45)54-51-35(42)32-22-16-29(11-7-3)17-23-32/h12-23H,5-11,24-26H2,1-4H3. The molecule has 15 heteroatoms. The van der Waals surface area contributed by atoms with Crippen molar-refractivity contribution < 1.29 is 72.3 Å². The number of aryl methyl sites for hydroxylation is 3. The molecule has 3 aromatic rings. The molecule has 0 heterocycles. The highest BCUT2D eigenvalue weighted by Crippen LogP contribution is 2.25. The van der Waals surface area contributed by atoms with E-state index in [9.17, 15) is 28.8 Å². The van der Waals surface area contributed by atoms with Crippen molar-refractivity contribution in [3.8, 4) is 0 Å². The van der Waals surface area contributed by atoms with Crippen molar-refractivity contribution >= 4 is 36.4 Å². The fourth-order valence-corrected chi connectivity index (χ4v) is 4.79. The van der Waals surface area contributed by atoms with Crippen LogP contribution in [0.25, 0.3) is 0 Å². The summed E-state index contributed by atoms with van der Waals surface area (Å²) < 4.78 is 15.3. The van der Waals surface area contributed by atoms with Crippen LogP contribution in [0.5, 0.6) is 0 Å². The molecule has 0 aliphatic rings. The van der Waals surface area contributed by atoms with Crippen LogP contribution in [0.4, 0.5) is 14.4 Å². The molecule has 3 aromatic carbocycles. The summed E-state index contributed by atoms with van der Waals surface area (Å²) in [4.78, 5) is 101. The van der Waals surface area contributed by atoms with Crippen LogP contribution < -0.4 is 0 Å². The minimum atomic E-state index is -1.51. The zero-order chi connectivity index (χ0) is 39.3. The lowest BCUT2D eigenvalue weighted by atomic mass is 9.88. The van der Waals surface area contributed by atoms with E-state index in [4.69, 9.17) is 14.2 Å². The zero-order valence-corrected chi connectivity index (χ0v) is 30.6. The quantitative estimate of drug-likeness (QED) is 0.0592. The largest absolute Gasteiger partial charge is 0.549 e. The molecule has 290 valence electrons. The van der Waals surface area contributed by atoms with Crippen molar-refractivity contribution in [2.75, 3.05) is 19.8 Å². The molecule has 0 aliphatic carbocycles. The van der Waals surface area contributed by atoms with Crippen LogP contribution in [0.15, 0.2) is 72.8 Å². The molecule has 3 rings (SSSR count). The van der Waals surface area contributed by atoms with E-state index in [2.05, 4.69) is 29.3 Å². The lowest BCUT2D eigenvalue weighted by Crippen LogP contribution is -2.39. The second-order valence-electron chi connectivity index (χ2n) is 12.2. The molecule has 0 fully saturated rings. The number of ether oxygens (including phenoxy) is 3. The third-order valence-electron chi connectivity index (χ3n) is 7.98. The Kier molecular flexibility index (Phi) is 17.3. The van der Waals surface area contributed by atoms with Gasteiger partial charge in [-0.25, -0.2) is 43.7 Å². The summed E-state index contributed by atoms with van der Waals surface area (Å²) in [6.45, 7) is 5.71. The van der Waals surface area contributed by atoms with E-state index in [1.54, 1.807) is 43.3 Å². The smallest absolute Gasteiger partial charge is 0.431 e. The topological polar surface area (TPSA) is 185 Å². The average molecular weight is 753 g/mol. The summed E-state index contributed by atoms with van der Waals surface area (Å²) in [5.74, 6) is -2.90. The number of rotatable bonds is 16. The Labute approximate surface area is 312 Å². The molecule has 0 unspecified atom stereocenters. The normalized spacial score (nSPS) is 10.7. The predicted molar refractivity (Wildman–Crippen MR) is 188 cm³/mol. The van der Waals surface area contributed by atoms with Crippen molar-refractivity contribution in [3.63, 3.8) is 0 Å². The Balaban J connectivity index is 1.58. The Morgan fingerprint density at radius 2 is 0.667 bits per heavy atom. The Morgan fingerprint density at radius 1 is 0.407 bits per heavy atom. The first-order valence-electron chi connectivity index (χ1n) is 17.4. The highest BCUT2D eigenvalue weighted by molar-refractivity contribution is 5.90. The van der Waals surface area contributed by atoms with Gasteiger partial charge in [0.25, 0.3) is 0 Å². The van der Waals surface area contributed by atoms with E-state index < -0.39 is 61.6 Å². The number of carbonyl (C=O) groups is 6. The van der Waals surface area contributed by atoms with Gasteiger partial charge in [-0.3, -0.25) is 0 Å². The van der Waals surface area contributed by atoms with Crippen LogP contribution in [0, 0.1) is 5.41 Å². The second kappa shape index (κ2) is 22.1. The lowest BCUT2D eigenvalue weighted by molar-refractivity contribution is -0.217. The summed E-state index contributed by atoms with van der Waals surface area (Å²) >= 11 is 0. The SMILES string of the molecule is CCCc1ccc(C(=O)OOC(=O)OCC(CC)(COC(=O)OOC(=O)c2ccc(CCC)cc2)COC(=O)OOC(=O)c2ccc(CCC)cc2)cc1. The van der Waals surface area contributed by atoms with E-state index in [1.807, 2.05) is 20.8 Å². The molecule has 0 amide bonds. The zero-order valence-electron chi connectivity index (χ0n) is 30.6. The third kappa shape index (κ3) is 14.1. The molecule has 0 atom stereocenters. The maximum Gasteiger partial charge on any atom is 0.549 e. The van der Waals surface area contributed by atoms with Crippen LogP contribution in [-0.4, -0.2) is 56.2 Å². The Morgan fingerprint density at radius 3 is 0.889 bits per heavy atom. The van der Waals surface area contributed by atoms with Gasteiger partial charge in [0.15, 0.2) is 0 Å². The van der Waals surface area contributed by atoms with Gasteiger partial charge < -0.3 is 14.2 Å². The fourth-order valence-electron chi connectivity index (χ4n) is 4.79. The molecule has 15 nitrogen and oxygen atoms in total. The van der Waals surface area contributed by atoms with E-state index in [1.165, 1.54) is 36.4 Å². The first-order valence-corrected chi connectivity index (χ1v) is 17.4. The van der Waals surface area contributed by atoms with Gasteiger partial charge in [0.1, 0.15) is 19.8 Å². The molecule has 0 aliphatic heterocycles. The van der Waals surface area contributed by atoms with E-state index in [0.717, 1.165) is 55.2 Å². The summed E-state index contributed by atoms with van der Waals surface area (Å²) in [7, 11) is 0. The van der Waals surface area contributed by atoms with Gasteiger partial charge in [-0.2, -0.15) is 14.4 Å². The highest BCUT2D eigenvalue weighted by atomic mass is 17.2. The van der Waals surface area contributed by atoms with Gasteiger partial charge in [-0.1, -0.05) is 83.4 Å². The van der Waals surface area contributed by atoms with E-state index in [-0.39, 0.29) is 23.1 Å². The highest BCUT2D eigenvalue weighted by Gasteiger charge is 2.36. The molecule has 0 saturated heterocycles. The van der Waals surface area contributed by atoms with Crippen molar-refractivity contribution in [3.05, 3.63) is 106 Å². The maximum atomic E-state index is 12.4. The predicted octanol–water partition coefficient (Wildman–Crippen LogP) is 8.02. The van der Waals surface area contributed by atoms with Gasteiger partial charge in [0.2, 0.25) is 0 Å². The number of carbonyl (C=O) groups excluding carboxylic acids is 6. The second-order valence-corrected chi connectivity index (χ2v) is 12.2. The molecule has 0 aromatic heterocycles. The van der Waals surface area contributed by atoms with Crippen LogP contribution >= 0.6 is 0 Å². The van der Waals surface area contributed by atoms with Crippen molar-refractivity contribution in [1.82, 2.24) is 0 Å². The van der Waals surface area contributed by atoms with E-state index in [0.29, 0.717) is 0 Å². The summed E-state index contributed by atoms with van der Waals surface area (Å²) in [5.41, 5.74) is 1.87. The summed E-state index contributed by atoms with van der Waals surface area (Å²) in [6.07, 6.45) is 0.856. The fraction of sp³-hybridized carbons (Fsp3) is 0.385. The van der Waals surface area contributed by atoms with Crippen molar-refractivity contribution in [2.45, 2.75) is 72.6 Å². The first kappa shape index (κ1) is 42.3. The van der Waals surface area contributed by atoms with Crippen LogP contribution in [0.1, 0.15) is 101 Å². The van der Waals surface area contributed by atoms with E-state index >= 15 is 0 Å². The molecule has 0 spiro atoms. The summed E-state index contributed by atoms with van der Waals surface area (Å²) in [5, 5.41) is 0. The van der Waals surface area contributed by atoms with Gasteiger partial charge in [-0.15, -0.1) is 0 Å². The molecular formula is C39H44O15. The van der Waals surface area contributed by atoms with Crippen LogP contribution in [0.2, 0.25) is 0 Å². The lowest BCUT2D eigenvalue weighted by Gasteiger charge is -2.29. The van der Waals surface area contributed by atoms with Gasteiger partial charge in [-0.05, 0) is 78.8 Å². The number of hydrogen-bond donors (Lipinski definition) is 0. The first-order chi connectivity index (χ1) is 26.0. The van der Waals surface area contributed by atoms with Gasteiger partial charge >= 0.3 is 36.4 Å².